The first-order chi connectivity index (χ1) is 10.4. The van der Waals surface area contributed by atoms with E-state index in [0.717, 1.165) is 6.08 Å². The van der Waals surface area contributed by atoms with Crippen molar-refractivity contribution in [3.63, 3.8) is 0 Å². The highest BCUT2D eigenvalue weighted by Gasteiger charge is 2.15. The number of carbonyl (C=O) groups excluding carboxylic acids is 2. The summed E-state index contributed by atoms with van der Waals surface area (Å²) in [4.78, 5) is 23.0. The molecule has 22 heavy (non-hydrogen) atoms. The van der Waals surface area contributed by atoms with E-state index >= 15 is 0 Å². The molecule has 0 fully saturated rings. The maximum Gasteiger partial charge on any atom is 0.354 e. The predicted octanol–water partition coefficient (Wildman–Crippen LogP) is 3.14. The molecule has 0 amide bonds. The highest BCUT2D eigenvalue weighted by molar-refractivity contribution is 9.10. The van der Waals surface area contributed by atoms with Gasteiger partial charge in [-0.25, -0.2) is 9.59 Å². The van der Waals surface area contributed by atoms with Gasteiger partial charge in [0.15, 0.2) is 5.75 Å². The maximum absolute atomic E-state index is 11.7. The molecule has 0 saturated heterocycles. The fraction of sp³-hybridized carbons (Fsp3) is 0.286. The van der Waals surface area contributed by atoms with Crippen molar-refractivity contribution in [3.05, 3.63) is 33.4 Å². The SMILES string of the molecule is CCOc1c(Cl)cc(N/C(=C/C(=O)OC)C(=O)OC)cc1Br. The van der Waals surface area contributed by atoms with Crippen molar-refractivity contribution in [2.45, 2.75) is 6.92 Å². The van der Waals surface area contributed by atoms with E-state index in [-0.39, 0.29) is 5.70 Å². The Bertz CT molecular complexity index is 580. The Kier molecular flexibility index (Phi) is 7.20. The van der Waals surface area contributed by atoms with Crippen molar-refractivity contribution in [1.29, 1.82) is 0 Å². The van der Waals surface area contributed by atoms with Crippen LogP contribution in [-0.2, 0) is 19.1 Å². The van der Waals surface area contributed by atoms with Crippen LogP contribution in [0.3, 0.4) is 0 Å². The second-order valence-corrected chi connectivity index (χ2v) is 5.16. The van der Waals surface area contributed by atoms with Crippen LogP contribution in [-0.4, -0.2) is 32.8 Å². The summed E-state index contributed by atoms with van der Waals surface area (Å²) in [5, 5.41) is 3.11. The van der Waals surface area contributed by atoms with Crippen LogP contribution in [0.5, 0.6) is 5.75 Å². The van der Waals surface area contributed by atoms with Gasteiger partial charge in [-0.15, -0.1) is 0 Å². The second kappa shape index (κ2) is 8.65. The molecule has 8 heteroatoms. The Morgan fingerprint density at radius 3 is 2.50 bits per heavy atom. The van der Waals surface area contributed by atoms with E-state index in [2.05, 4.69) is 30.7 Å². The molecule has 0 atom stereocenters. The van der Waals surface area contributed by atoms with Gasteiger partial charge in [-0.2, -0.15) is 0 Å². The molecule has 1 aromatic rings. The molecule has 0 aliphatic heterocycles. The van der Waals surface area contributed by atoms with Gasteiger partial charge in [-0.1, -0.05) is 11.6 Å². The molecule has 1 rings (SSSR count). The minimum Gasteiger partial charge on any atom is -0.491 e. The van der Waals surface area contributed by atoms with Gasteiger partial charge in [-0.3, -0.25) is 0 Å². The molecule has 120 valence electrons. The van der Waals surface area contributed by atoms with Gasteiger partial charge in [-0.05, 0) is 35.0 Å². The fourth-order valence-electron chi connectivity index (χ4n) is 1.50. The Morgan fingerprint density at radius 1 is 1.32 bits per heavy atom. The number of hydrogen-bond donors (Lipinski definition) is 1. The molecular weight excluding hydrogens is 378 g/mol. The average molecular weight is 393 g/mol. The minimum atomic E-state index is -0.716. The van der Waals surface area contributed by atoms with Crippen molar-refractivity contribution in [2.75, 3.05) is 26.1 Å². The Labute approximate surface area is 141 Å². The first-order valence-corrected chi connectivity index (χ1v) is 7.36. The molecular formula is C14H15BrClNO5. The normalized spacial score (nSPS) is 10.9. The minimum absolute atomic E-state index is 0.0820. The summed E-state index contributed by atoms with van der Waals surface area (Å²) in [6, 6.07) is 3.22. The van der Waals surface area contributed by atoms with Crippen LogP contribution in [0.15, 0.2) is 28.4 Å². The van der Waals surface area contributed by atoms with Gasteiger partial charge in [0.2, 0.25) is 0 Å². The van der Waals surface area contributed by atoms with Crippen LogP contribution in [0, 0.1) is 0 Å². The molecule has 1 aromatic carbocycles. The standard InChI is InChI=1S/C14H15BrClNO5/c1-4-22-13-9(15)5-8(6-10(13)16)17-11(14(19)21-3)7-12(18)20-2/h5-7,17H,4H2,1-3H3/b11-7+. The van der Waals surface area contributed by atoms with E-state index in [4.69, 9.17) is 16.3 Å². The molecule has 0 aliphatic carbocycles. The molecule has 0 heterocycles. The summed E-state index contributed by atoms with van der Waals surface area (Å²) in [6.45, 7) is 2.30. The molecule has 0 aromatic heterocycles. The second-order valence-electron chi connectivity index (χ2n) is 3.90. The molecule has 0 aliphatic rings. The fourth-order valence-corrected chi connectivity index (χ4v) is 2.47. The molecule has 6 nitrogen and oxygen atoms in total. The first-order valence-electron chi connectivity index (χ1n) is 6.19. The summed E-state index contributed by atoms with van der Waals surface area (Å²) in [6.07, 6.45) is 0.990. The number of ether oxygens (including phenoxy) is 3. The van der Waals surface area contributed by atoms with Crippen LogP contribution in [0.1, 0.15) is 6.92 Å². The van der Waals surface area contributed by atoms with Gasteiger partial charge in [0, 0.05) is 5.69 Å². The number of carbonyl (C=O) groups is 2. The van der Waals surface area contributed by atoms with E-state index in [1.54, 1.807) is 12.1 Å². The lowest BCUT2D eigenvalue weighted by atomic mass is 10.2. The highest BCUT2D eigenvalue weighted by Crippen LogP contribution is 2.36. The topological polar surface area (TPSA) is 73.9 Å². The average Bonchev–Trinajstić information content (AvgIpc) is 2.49. The lowest BCUT2D eigenvalue weighted by Gasteiger charge is -2.13. The third kappa shape index (κ3) is 4.92. The van der Waals surface area contributed by atoms with Crippen molar-refractivity contribution in [3.8, 4) is 5.75 Å². The summed E-state index contributed by atoms with van der Waals surface area (Å²) >= 11 is 9.45. The molecule has 0 unspecified atom stereocenters. The van der Waals surface area contributed by atoms with Crippen molar-refractivity contribution >= 4 is 45.2 Å². The quantitative estimate of drug-likeness (QED) is 0.592. The summed E-state index contributed by atoms with van der Waals surface area (Å²) in [7, 11) is 2.41. The largest absolute Gasteiger partial charge is 0.491 e. The van der Waals surface area contributed by atoms with Gasteiger partial charge in [0.1, 0.15) is 5.70 Å². The van der Waals surface area contributed by atoms with E-state index in [0.29, 0.717) is 27.5 Å². The summed E-state index contributed by atoms with van der Waals surface area (Å²) in [5.41, 5.74) is 0.391. The zero-order valence-corrected chi connectivity index (χ0v) is 14.6. The van der Waals surface area contributed by atoms with Gasteiger partial charge in [0.25, 0.3) is 0 Å². The van der Waals surface area contributed by atoms with Gasteiger partial charge < -0.3 is 19.5 Å². The summed E-state index contributed by atoms with van der Waals surface area (Å²) < 4.78 is 15.1. The Hall–Kier alpha value is -1.73. The number of halogens is 2. The van der Waals surface area contributed by atoms with E-state index in [1.807, 2.05) is 6.92 Å². The van der Waals surface area contributed by atoms with Crippen LogP contribution in [0.2, 0.25) is 5.02 Å². The number of esters is 2. The van der Waals surface area contributed by atoms with Crippen LogP contribution < -0.4 is 10.1 Å². The van der Waals surface area contributed by atoms with Crippen LogP contribution in [0.25, 0.3) is 0 Å². The lowest BCUT2D eigenvalue weighted by Crippen LogP contribution is -2.15. The molecule has 0 bridgehead atoms. The first kappa shape index (κ1) is 18.3. The predicted molar refractivity (Wildman–Crippen MR) is 86.1 cm³/mol. The zero-order chi connectivity index (χ0) is 16.7. The Balaban J connectivity index is 3.11. The maximum atomic E-state index is 11.7. The third-order valence-electron chi connectivity index (χ3n) is 2.43. The van der Waals surface area contributed by atoms with Gasteiger partial charge in [0.05, 0.1) is 36.4 Å². The van der Waals surface area contributed by atoms with Crippen LogP contribution in [0.4, 0.5) is 5.69 Å². The highest BCUT2D eigenvalue weighted by atomic mass is 79.9. The van der Waals surface area contributed by atoms with E-state index in [9.17, 15) is 9.59 Å². The molecule has 0 radical (unpaired) electrons. The number of nitrogens with one attached hydrogen (secondary N) is 1. The number of rotatable bonds is 6. The number of hydrogen-bond acceptors (Lipinski definition) is 6. The van der Waals surface area contributed by atoms with E-state index < -0.39 is 11.9 Å². The molecule has 0 saturated carbocycles. The monoisotopic (exact) mass is 391 g/mol. The number of methoxy groups -OCH3 is 2. The smallest absolute Gasteiger partial charge is 0.354 e. The molecule has 0 spiro atoms. The lowest BCUT2D eigenvalue weighted by molar-refractivity contribution is -0.138. The van der Waals surface area contributed by atoms with Crippen molar-refractivity contribution in [1.82, 2.24) is 0 Å². The Morgan fingerprint density at radius 2 is 2.00 bits per heavy atom. The van der Waals surface area contributed by atoms with E-state index in [1.165, 1.54) is 14.2 Å². The number of benzene rings is 1. The van der Waals surface area contributed by atoms with Gasteiger partial charge >= 0.3 is 11.9 Å². The van der Waals surface area contributed by atoms with Crippen LogP contribution >= 0.6 is 27.5 Å². The van der Waals surface area contributed by atoms with Crippen molar-refractivity contribution in [2.24, 2.45) is 0 Å². The summed E-state index contributed by atoms with van der Waals surface area (Å²) in [5.74, 6) is -0.915. The molecule has 1 N–H and O–H groups in total. The number of anilines is 1. The van der Waals surface area contributed by atoms with Crippen molar-refractivity contribution < 1.29 is 23.8 Å². The third-order valence-corrected chi connectivity index (χ3v) is 3.30. The zero-order valence-electron chi connectivity index (χ0n) is 12.2.